The molecular formula is C18H19FN2O2. The lowest BCUT2D eigenvalue weighted by atomic mass is 10.00. The van der Waals surface area contributed by atoms with Gasteiger partial charge in [-0.3, -0.25) is 9.59 Å². The number of hydrogen-bond acceptors (Lipinski definition) is 3. The summed E-state index contributed by atoms with van der Waals surface area (Å²) in [4.78, 5) is 23.3. The Balaban J connectivity index is 2.04. The number of carbonyl (C=O) groups excluding carboxylic acids is 2. The summed E-state index contributed by atoms with van der Waals surface area (Å²) in [7, 11) is 0. The van der Waals surface area contributed by atoms with Crippen LogP contribution in [0.15, 0.2) is 60.7 Å². The fourth-order valence-electron chi connectivity index (χ4n) is 2.31. The molecule has 2 unspecified atom stereocenters. The molecule has 2 rings (SSSR count). The van der Waals surface area contributed by atoms with Gasteiger partial charge in [-0.1, -0.05) is 60.7 Å². The molecule has 0 spiro atoms. The molecule has 3 N–H and O–H groups in total. The highest BCUT2D eigenvalue weighted by Gasteiger charge is 2.25. The lowest BCUT2D eigenvalue weighted by Crippen LogP contribution is -2.40. The van der Waals surface area contributed by atoms with Crippen molar-refractivity contribution < 1.29 is 14.0 Å². The third-order valence-corrected chi connectivity index (χ3v) is 3.51. The summed E-state index contributed by atoms with van der Waals surface area (Å²) in [6.07, 6.45) is -1.61. The van der Waals surface area contributed by atoms with Crippen molar-refractivity contribution in [3.63, 3.8) is 0 Å². The summed E-state index contributed by atoms with van der Waals surface area (Å²) in [5.41, 5.74) is 6.17. The van der Waals surface area contributed by atoms with E-state index in [0.29, 0.717) is 11.1 Å². The molecule has 2 aromatic carbocycles. The number of amides is 1. The third kappa shape index (κ3) is 5.00. The molecule has 5 heteroatoms. The van der Waals surface area contributed by atoms with Crippen molar-refractivity contribution in [3.8, 4) is 0 Å². The Bertz CT molecular complexity index is 647. The quantitative estimate of drug-likeness (QED) is 0.735. The van der Waals surface area contributed by atoms with E-state index in [0.717, 1.165) is 0 Å². The highest BCUT2D eigenvalue weighted by molar-refractivity contribution is 5.97. The molecule has 0 bridgehead atoms. The summed E-state index contributed by atoms with van der Waals surface area (Å²) in [5, 5.41) is 2.82. The monoisotopic (exact) mass is 314 g/mol. The lowest BCUT2D eigenvalue weighted by Gasteiger charge is -2.21. The minimum Gasteiger partial charge on any atom is -0.370 e. The van der Waals surface area contributed by atoms with Crippen molar-refractivity contribution in [2.24, 2.45) is 5.73 Å². The van der Waals surface area contributed by atoms with Gasteiger partial charge in [-0.15, -0.1) is 0 Å². The highest BCUT2D eigenvalue weighted by Crippen LogP contribution is 2.23. The second kappa shape index (κ2) is 8.19. The van der Waals surface area contributed by atoms with Crippen molar-refractivity contribution >= 4 is 11.7 Å². The van der Waals surface area contributed by atoms with Gasteiger partial charge in [0.05, 0.1) is 12.6 Å². The number of nitrogens with two attached hydrogens (primary N) is 1. The number of nitrogens with one attached hydrogen (secondary N) is 1. The molecule has 1 amide bonds. The van der Waals surface area contributed by atoms with Crippen molar-refractivity contribution in [2.75, 3.05) is 6.54 Å². The maximum Gasteiger partial charge on any atom is 0.219 e. The Labute approximate surface area is 134 Å². The van der Waals surface area contributed by atoms with E-state index in [1.807, 2.05) is 6.07 Å². The molecule has 0 radical (unpaired) electrons. The van der Waals surface area contributed by atoms with E-state index in [4.69, 9.17) is 5.73 Å². The van der Waals surface area contributed by atoms with Crippen LogP contribution in [-0.4, -0.2) is 24.3 Å². The zero-order chi connectivity index (χ0) is 16.7. The number of benzene rings is 2. The molecule has 2 atom stereocenters. The number of hydrogen-bond donors (Lipinski definition) is 2. The standard InChI is InChI=1S/C18H19FN2O2/c19-18(14-9-5-2-6-10-14)15(11-17(20)23)21-12-16(22)13-7-3-1-4-8-13/h1-10,15,18,21H,11-12H2,(H2,20,23). The maximum absolute atomic E-state index is 14.6. The van der Waals surface area contributed by atoms with Gasteiger partial charge >= 0.3 is 0 Å². The molecule has 0 heterocycles. The maximum atomic E-state index is 14.6. The van der Waals surface area contributed by atoms with E-state index < -0.39 is 18.1 Å². The second-order valence-corrected chi connectivity index (χ2v) is 5.26. The van der Waals surface area contributed by atoms with Crippen LogP contribution in [-0.2, 0) is 4.79 Å². The van der Waals surface area contributed by atoms with Gasteiger partial charge in [0.1, 0.15) is 6.17 Å². The molecule has 4 nitrogen and oxygen atoms in total. The number of Topliss-reactive ketones (excluding diaryl/α,β-unsaturated/α-hetero) is 1. The SMILES string of the molecule is NC(=O)CC(NCC(=O)c1ccccc1)C(F)c1ccccc1. The Morgan fingerprint density at radius 2 is 1.57 bits per heavy atom. The molecular weight excluding hydrogens is 295 g/mol. The first-order valence-corrected chi connectivity index (χ1v) is 7.37. The van der Waals surface area contributed by atoms with E-state index in [2.05, 4.69) is 5.32 Å². The summed E-state index contributed by atoms with van der Waals surface area (Å²) in [6, 6.07) is 16.4. The van der Waals surface area contributed by atoms with E-state index in [-0.39, 0.29) is 18.7 Å². The number of alkyl halides is 1. The van der Waals surface area contributed by atoms with Crippen LogP contribution in [0.25, 0.3) is 0 Å². The van der Waals surface area contributed by atoms with Crippen LogP contribution in [0.4, 0.5) is 4.39 Å². The van der Waals surface area contributed by atoms with Crippen molar-refractivity contribution in [1.82, 2.24) is 5.32 Å². The van der Waals surface area contributed by atoms with Gasteiger partial charge in [-0.05, 0) is 5.56 Å². The van der Waals surface area contributed by atoms with E-state index in [1.165, 1.54) is 0 Å². The van der Waals surface area contributed by atoms with Crippen LogP contribution >= 0.6 is 0 Å². The van der Waals surface area contributed by atoms with Crippen molar-refractivity contribution in [1.29, 1.82) is 0 Å². The van der Waals surface area contributed by atoms with Gasteiger partial charge in [-0.2, -0.15) is 0 Å². The molecule has 0 aliphatic heterocycles. The normalized spacial score (nSPS) is 13.3. The molecule has 0 saturated heterocycles. The van der Waals surface area contributed by atoms with Gasteiger partial charge < -0.3 is 11.1 Å². The fraction of sp³-hybridized carbons (Fsp3) is 0.222. The predicted octanol–water partition coefficient (Wildman–Crippen LogP) is 2.41. The first-order chi connectivity index (χ1) is 11.1. The van der Waals surface area contributed by atoms with Crippen LogP contribution in [0.3, 0.4) is 0 Å². The lowest BCUT2D eigenvalue weighted by molar-refractivity contribution is -0.118. The van der Waals surface area contributed by atoms with Crippen LogP contribution < -0.4 is 11.1 Å². The first-order valence-electron chi connectivity index (χ1n) is 7.37. The molecule has 23 heavy (non-hydrogen) atoms. The second-order valence-electron chi connectivity index (χ2n) is 5.26. The largest absolute Gasteiger partial charge is 0.370 e. The predicted molar refractivity (Wildman–Crippen MR) is 86.7 cm³/mol. The number of rotatable bonds is 8. The Morgan fingerprint density at radius 1 is 1.00 bits per heavy atom. The first kappa shape index (κ1) is 16.8. The van der Waals surface area contributed by atoms with Gasteiger partial charge in [0.25, 0.3) is 0 Å². The molecule has 0 aliphatic carbocycles. The molecule has 0 aliphatic rings. The van der Waals surface area contributed by atoms with Gasteiger partial charge in [-0.25, -0.2) is 4.39 Å². The minimum absolute atomic E-state index is 0.0603. The van der Waals surface area contributed by atoms with Gasteiger partial charge in [0.15, 0.2) is 5.78 Å². The third-order valence-electron chi connectivity index (χ3n) is 3.51. The van der Waals surface area contributed by atoms with Crippen LogP contribution in [0, 0.1) is 0 Å². The van der Waals surface area contributed by atoms with Crippen molar-refractivity contribution in [3.05, 3.63) is 71.8 Å². The molecule has 2 aromatic rings. The molecule has 0 saturated carbocycles. The zero-order valence-electron chi connectivity index (χ0n) is 12.6. The molecule has 0 aromatic heterocycles. The van der Waals surface area contributed by atoms with Crippen LogP contribution in [0.5, 0.6) is 0 Å². The highest BCUT2D eigenvalue weighted by atomic mass is 19.1. The van der Waals surface area contributed by atoms with E-state index in [1.54, 1.807) is 54.6 Å². The molecule has 0 fully saturated rings. The molecule has 120 valence electrons. The van der Waals surface area contributed by atoms with Crippen molar-refractivity contribution in [2.45, 2.75) is 18.6 Å². The average Bonchev–Trinajstić information content (AvgIpc) is 2.59. The summed E-state index contributed by atoms with van der Waals surface area (Å²) < 4.78 is 14.6. The number of primary amides is 1. The smallest absolute Gasteiger partial charge is 0.219 e. The van der Waals surface area contributed by atoms with E-state index in [9.17, 15) is 14.0 Å². The fourth-order valence-corrected chi connectivity index (χ4v) is 2.31. The Morgan fingerprint density at radius 3 is 2.13 bits per heavy atom. The summed E-state index contributed by atoms with van der Waals surface area (Å²) in [6.45, 7) is -0.0603. The van der Waals surface area contributed by atoms with E-state index >= 15 is 0 Å². The number of ketones is 1. The van der Waals surface area contributed by atoms with Crippen LogP contribution in [0.2, 0.25) is 0 Å². The number of halogens is 1. The van der Waals surface area contributed by atoms with Gasteiger partial charge in [0.2, 0.25) is 5.91 Å². The summed E-state index contributed by atoms with van der Waals surface area (Å²) in [5.74, 6) is -0.784. The van der Waals surface area contributed by atoms with Gasteiger partial charge in [0, 0.05) is 12.0 Å². The number of carbonyl (C=O) groups is 2. The summed E-state index contributed by atoms with van der Waals surface area (Å²) >= 11 is 0. The topological polar surface area (TPSA) is 72.2 Å². The minimum atomic E-state index is -1.42. The Hall–Kier alpha value is -2.53. The zero-order valence-corrected chi connectivity index (χ0v) is 12.6. The average molecular weight is 314 g/mol. The van der Waals surface area contributed by atoms with Crippen LogP contribution in [0.1, 0.15) is 28.5 Å². The Kier molecular flexibility index (Phi) is 6.00.